The van der Waals surface area contributed by atoms with E-state index in [2.05, 4.69) is 31.4 Å². The molecule has 1 aromatic heterocycles. The summed E-state index contributed by atoms with van der Waals surface area (Å²) in [5.74, 6) is -0.261. The quantitative estimate of drug-likeness (QED) is 0.783. The van der Waals surface area contributed by atoms with Crippen molar-refractivity contribution in [3.8, 4) is 0 Å². The molecule has 0 fully saturated rings. The van der Waals surface area contributed by atoms with Crippen LogP contribution in [0.25, 0.3) is 0 Å². The number of aryl methyl sites for hydroxylation is 1. The Morgan fingerprint density at radius 2 is 2.25 bits per heavy atom. The highest BCUT2D eigenvalue weighted by atomic mass is 79.9. The Kier molecular flexibility index (Phi) is 4.92. The first-order valence-electron chi connectivity index (χ1n) is 6.30. The van der Waals surface area contributed by atoms with Crippen LogP contribution in [0, 0.1) is 6.92 Å². The van der Waals surface area contributed by atoms with Crippen molar-refractivity contribution in [1.82, 2.24) is 15.5 Å². The lowest BCUT2D eigenvalue weighted by molar-refractivity contribution is 0.0924. The van der Waals surface area contributed by atoms with E-state index in [0.29, 0.717) is 12.1 Å². The molecular formula is C14H16BrN3O2. The van der Waals surface area contributed by atoms with Crippen LogP contribution in [0.2, 0.25) is 0 Å². The minimum atomic E-state index is -0.264. The molecule has 0 spiro atoms. The number of amides is 1. The molecule has 2 aromatic rings. The Morgan fingerprint density at radius 3 is 2.85 bits per heavy atom. The highest BCUT2D eigenvalue weighted by molar-refractivity contribution is 9.10. The predicted octanol–water partition coefficient (Wildman–Crippen LogP) is 2.33. The monoisotopic (exact) mass is 337 g/mol. The Balaban J connectivity index is 2.18. The third-order valence-electron chi connectivity index (χ3n) is 2.94. The highest BCUT2D eigenvalue weighted by Crippen LogP contribution is 2.25. The fourth-order valence-electron chi connectivity index (χ4n) is 1.96. The molecule has 106 valence electrons. The molecule has 6 heteroatoms. The van der Waals surface area contributed by atoms with E-state index >= 15 is 0 Å². The Bertz CT molecular complexity index is 598. The predicted molar refractivity (Wildman–Crippen MR) is 79.4 cm³/mol. The second-order valence-electron chi connectivity index (χ2n) is 4.50. The summed E-state index contributed by atoms with van der Waals surface area (Å²) < 4.78 is 0.900. The van der Waals surface area contributed by atoms with E-state index in [0.717, 1.165) is 15.7 Å². The summed E-state index contributed by atoms with van der Waals surface area (Å²) in [4.78, 5) is 12.1. The van der Waals surface area contributed by atoms with Crippen LogP contribution in [-0.4, -0.2) is 27.8 Å². The maximum atomic E-state index is 12.1. The smallest absolute Gasteiger partial charge is 0.272 e. The van der Waals surface area contributed by atoms with Crippen LogP contribution in [0.5, 0.6) is 0 Å². The molecule has 0 radical (unpaired) electrons. The summed E-state index contributed by atoms with van der Waals surface area (Å²) >= 11 is 3.46. The molecule has 0 saturated carbocycles. The van der Waals surface area contributed by atoms with Gasteiger partial charge in [-0.25, -0.2) is 0 Å². The zero-order chi connectivity index (χ0) is 14.5. The van der Waals surface area contributed by atoms with Crippen molar-refractivity contribution in [1.29, 1.82) is 0 Å². The summed E-state index contributed by atoms with van der Waals surface area (Å²) in [6.45, 7) is 1.83. The van der Waals surface area contributed by atoms with Gasteiger partial charge < -0.3 is 10.4 Å². The molecule has 0 saturated heterocycles. The van der Waals surface area contributed by atoms with Crippen LogP contribution in [0.15, 0.2) is 34.8 Å². The van der Waals surface area contributed by atoms with E-state index in [9.17, 15) is 9.90 Å². The largest absolute Gasteiger partial charge is 0.396 e. The number of hydrogen-bond acceptors (Lipinski definition) is 3. The van der Waals surface area contributed by atoms with Crippen molar-refractivity contribution in [2.75, 3.05) is 6.61 Å². The molecule has 0 aliphatic heterocycles. The third kappa shape index (κ3) is 3.46. The molecule has 3 N–H and O–H groups in total. The van der Waals surface area contributed by atoms with Gasteiger partial charge >= 0.3 is 0 Å². The van der Waals surface area contributed by atoms with Crippen LogP contribution in [0.3, 0.4) is 0 Å². The number of aromatic amines is 1. The van der Waals surface area contributed by atoms with Gasteiger partial charge in [-0.1, -0.05) is 34.1 Å². The van der Waals surface area contributed by atoms with E-state index in [1.807, 2.05) is 31.2 Å². The average molecular weight is 338 g/mol. The van der Waals surface area contributed by atoms with Gasteiger partial charge in [-0.3, -0.25) is 9.89 Å². The first-order chi connectivity index (χ1) is 9.61. The maximum Gasteiger partial charge on any atom is 0.272 e. The molecule has 0 aliphatic rings. The molecule has 1 atom stereocenters. The van der Waals surface area contributed by atoms with Crippen LogP contribution < -0.4 is 5.32 Å². The molecule has 2 rings (SSSR count). The van der Waals surface area contributed by atoms with E-state index in [-0.39, 0.29) is 18.6 Å². The van der Waals surface area contributed by atoms with Gasteiger partial charge in [0.05, 0.1) is 6.04 Å². The van der Waals surface area contributed by atoms with Crippen LogP contribution in [0.1, 0.15) is 34.2 Å². The molecule has 0 unspecified atom stereocenters. The number of aromatic nitrogens is 2. The number of aliphatic hydroxyl groups is 1. The van der Waals surface area contributed by atoms with Crippen molar-refractivity contribution >= 4 is 21.8 Å². The molecule has 0 bridgehead atoms. The Morgan fingerprint density at radius 1 is 1.50 bits per heavy atom. The van der Waals surface area contributed by atoms with Gasteiger partial charge in [-0.15, -0.1) is 0 Å². The zero-order valence-electron chi connectivity index (χ0n) is 11.1. The standard InChI is InChI=1S/C14H16BrN3O2/c1-9-8-13(18-17-9)14(20)16-12(6-7-19)10-4-2-3-5-11(10)15/h2-5,8,12,19H,6-7H2,1H3,(H,16,20)(H,17,18)/t12-/m0/s1. The lowest BCUT2D eigenvalue weighted by atomic mass is 10.0. The van der Waals surface area contributed by atoms with Crippen LogP contribution in [-0.2, 0) is 0 Å². The number of rotatable bonds is 5. The van der Waals surface area contributed by atoms with Gasteiger partial charge in [-0.05, 0) is 31.0 Å². The number of halogens is 1. The van der Waals surface area contributed by atoms with Gasteiger partial charge in [-0.2, -0.15) is 5.10 Å². The summed E-state index contributed by atoms with van der Waals surface area (Å²) in [5, 5.41) is 18.8. The zero-order valence-corrected chi connectivity index (χ0v) is 12.6. The van der Waals surface area contributed by atoms with Crippen LogP contribution in [0.4, 0.5) is 0 Å². The van der Waals surface area contributed by atoms with Crippen molar-refractivity contribution in [2.45, 2.75) is 19.4 Å². The average Bonchev–Trinajstić information content (AvgIpc) is 2.86. The van der Waals surface area contributed by atoms with Gasteiger partial charge in [0.25, 0.3) is 5.91 Å². The molecule has 20 heavy (non-hydrogen) atoms. The first kappa shape index (κ1) is 14.7. The summed E-state index contributed by atoms with van der Waals surface area (Å²) in [5.41, 5.74) is 2.11. The second-order valence-corrected chi connectivity index (χ2v) is 5.35. The summed E-state index contributed by atoms with van der Waals surface area (Å²) in [7, 11) is 0. The van der Waals surface area contributed by atoms with Crippen molar-refractivity contribution < 1.29 is 9.90 Å². The van der Waals surface area contributed by atoms with Crippen LogP contribution >= 0.6 is 15.9 Å². The number of carbonyl (C=O) groups is 1. The highest BCUT2D eigenvalue weighted by Gasteiger charge is 2.18. The van der Waals surface area contributed by atoms with E-state index in [1.165, 1.54) is 0 Å². The number of nitrogens with zero attached hydrogens (tertiary/aromatic N) is 1. The van der Waals surface area contributed by atoms with Gasteiger partial charge in [0.2, 0.25) is 0 Å². The first-order valence-corrected chi connectivity index (χ1v) is 7.09. The number of nitrogens with one attached hydrogen (secondary N) is 2. The third-order valence-corrected chi connectivity index (χ3v) is 3.66. The molecule has 0 aliphatic carbocycles. The van der Waals surface area contributed by atoms with Gasteiger partial charge in [0.15, 0.2) is 0 Å². The fraction of sp³-hybridized carbons (Fsp3) is 0.286. The molecule has 1 aromatic carbocycles. The lowest BCUT2D eigenvalue weighted by Crippen LogP contribution is -2.29. The van der Waals surface area contributed by atoms with E-state index in [4.69, 9.17) is 0 Å². The number of aliphatic hydroxyl groups excluding tert-OH is 1. The lowest BCUT2D eigenvalue weighted by Gasteiger charge is -2.19. The van der Waals surface area contributed by atoms with Crippen molar-refractivity contribution in [2.24, 2.45) is 0 Å². The van der Waals surface area contributed by atoms with E-state index in [1.54, 1.807) is 6.07 Å². The van der Waals surface area contributed by atoms with Crippen molar-refractivity contribution in [3.63, 3.8) is 0 Å². The minimum Gasteiger partial charge on any atom is -0.396 e. The molecule has 5 nitrogen and oxygen atoms in total. The normalized spacial score (nSPS) is 12.2. The van der Waals surface area contributed by atoms with E-state index < -0.39 is 0 Å². The number of benzene rings is 1. The van der Waals surface area contributed by atoms with Crippen molar-refractivity contribution in [3.05, 3.63) is 51.8 Å². The topological polar surface area (TPSA) is 78.0 Å². The maximum absolute atomic E-state index is 12.1. The summed E-state index contributed by atoms with van der Waals surface area (Å²) in [6, 6.07) is 9.05. The van der Waals surface area contributed by atoms with Gasteiger partial charge in [0, 0.05) is 16.8 Å². The number of carbonyl (C=O) groups excluding carboxylic acids is 1. The van der Waals surface area contributed by atoms with Gasteiger partial charge in [0.1, 0.15) is 5.69 Å². The summed E-state index contributed by atoms with van der Waals surface area (Å²) in [6.07, 6.45) is 0.442. The Labute approximate surface area is 125 Å². The molecular weight excluding hydrogens is 322 g/mol. The minimum absolute atomic E-state index is 0.00806. The Hall–Kier alpha value is -1.66. The SMILES string of the molecule is Cc1cc(C(=O)N[C@@H](CCO)c2ccccc2Br)n[nH]1. The molecule has 1 heterocycles. The fourth-order valence-corrected chi connectivity index (χ4v) is 2.52. The number of hydrogen-bond donors (Lipinski definition) is 3. The second kappa shape index (κ2) is 6.67. The molecule has 1 amide bonds. The number of H-pyrrole nitrogens is 1.